The Bertz CT molecular complexity index is 342. The van der Waals surface area contributed by atoms with Crippen LogP contribution in [0.4, 0.5) is 0 Å². The minimum absolute atomic E-state index is 0.382. The second-order valence-corrected chi connectivity index (χ2v) is 3.75. The Balaban J connectivity index is 2.40. The van der Waals surface area contributed by atoms with Gasteiger partial charge in [-0.25, -0.2) is 0 Å². The van der Waals surface area contributed by atoms with Crippen molar-refractivity contribution in [3.8, 4) is 6.07 Å². The summed E-state index contributed by atoms with van der Waals surface area (Å²) >= 11 is 0. The first-order valence-electron chi connectivity index (χ1n) is 4.25. The highest BCUT2D eigenvalue weighted by Gasteiger charge is 2.38. The average Bonchev–Trinajstić information content (AvgIpc) is 2.85. The van der Waals surface area contributed by atoms with Gasteiger partial charge in [-0.2, -0.15) is 5.26 Å². The largest absolute Gasteiger partial charge is 0.192 e. The molecule has 0 bridgehead atoms. The molecule has 0 N–H and O–H groups in total. The van der Waals surface area contributed by atoms with Crippen molar-refractivity contribution in [2.45, 2.75) is 25.2 Å². The van der Waals surface area contributed by atoms with Crippen LogP contribution in [0.2, 0.25) is 0 Å². The van der Waals surface area contributed by atoms with Gasteiger partial charge in [0.05, 0.1) is 11.6 Å². The Hall–Kier alpha value is -1.29. The van der Waals surface area contributed by atoms with E-state index in [1.807, 2.05) is 18.2 Å². The summed E-state index contributed by atoms with van der Waals surface area (Å²) in [4.78, 5) is 0. The van der Waals surface area contributed by atoms with Crippen LogP contribution >= 0.6 is 0 Å². The zero-order chi connectivity index (χ0) is 8.60. The number of hydrogen-bond acceptors (Lipinski definition) is 1. The fourth-order valence-electron chi connectivity index (χ4n) is 1.44. The van der Waals surface area contributed by atoms with Crippen molar-refractivity contribution in [1.82, 2.24) is 0 Å². The lowest BCUT2D eigenvalue weighted by atomic mass is 9.97. The van der Waals surface area contributed by atoms with Crippen LogP contribution in [0.15, 0.2) is 24.3 Å². The van der Waals surface area contributed by atoms with Crippen LogP contribution in [0.25, 0.3) is 0 Å². The summed E-state index contributed by atoms with van der Waals surface area (Å²) < 4.78 is 0. The summed E-state index contributed by atoms with van der Waals surface area (Å²) in [5.41, 5.74) is 2.48. The lowest BCUT2D eigenvalue weighted by Crippen LogP contribution is -1.99. The molecule has 0 spiro atoms. The number of benzene rings is 1. The molecular weight excluding hydrogens is 146 g/mol. The topological polar surface area (TPSA) is 23.8 Å². The molecule has 0 aromatic heterocycles. The maximum atomic E-state index is 8.70. The van der Waals surface area contributed by atoms with Crippen LogP contribution in [0.3, 0.4) is 0 Å². The molecule has 12 heavy (non-hydrogen) atoms. The third-order valence-corrected chi connectivity index (χ3v) is 2.69. The van der Waals surface area contributed by atoms with E-state index in [0.717, 1.165) is 5.56 Å². The summed E-state index contributed by atoms with van der Waals surface area (Å²) in [6.45, 7) is 2.25. The first-order chi connectivity index (χ1) is 5.74. The Kier molecular flexibility index (Phi) is 1.44. The van der Waals surface area contributed by atoms with E-state index in [2.05, 4.69) is 19.1 Å². The highest BCUT2D eigenvalue weighted by atomic mass is 14.4. The van der Waals surface area contributed by atoms with Gasteiger partial charge in [0, 0.05) is 0 Å². The average molecular weight is 157 g/mol. The summed E-state index contributed by atoms with van der Waals surface area (Å²) in [6, 6.07) is 10.1. The predicted octanol–water partition coefficient (Wildman–Crippen LogP) is 2.61. The van der Waals surface area contributed by atoms with Gasteiger partial charge in [0.1, 0.15) is 0 Å². The summed E-state index contributed by atoms with van der Waals surface area (Å²) in [7, 11) is 0. The lowest BCUT2D eigenvalue weighted by Gasteiger charge is -2.07. The van der Waals surface area contributed by atoms with E-state index in [4.69, 9.17) is 5.26 Å². The lowest BCUT2D eigenvalue weighted by molar-refractivity contribution is 0.787. The van der Waals surface area contributed by atoms with E-state index >= 15 is 0 Å². The van der Waals surface area contributed by atoms with Gasteiger partial charge in [-0.15, -0.1) is 0 Å². The first kappa shape index (κ1) is 7.36. The Labute approximate surface area is 72.6 Å². The Morgan fingerprint density at radius 3 is 2.75 bits per heavy atom. The Morgan fingerprint density at radius 1 is 1.42 bits per heavy atom. The van der Waals surface area contributed by atoms with Crippen molar-refractivity contribution in [3.63, 3.8) is 0 Å². The van der Waals surface area contributed by atoms with Crippen molar-refractivity contribution in [3.05, 3.63) is 35.4 Å². The van der Waals surface area contributed by atoms with Crippen LogP contribution in [0.1, 0.15) is 30.9 Å². The highest BCUT2D eigenvalue weighted by molar-refractivity contribution is 5.38. The van der Waals surface area contributed by atoms with Gasteiger partial charge in [0.15, 0.2) is 0 Å². The summed E-state index contributed by atoms with van der Waals surface area (Å²) in [5, 5.41) is 8.70. The van der Waals surface area contributed by atoms with Gasteiger partial charge in [0.25, 0.3) is 0 Å². The molecule has 0 radical (unpaired) electrons. The molecule has 1 saturated carbocycles. The third-order valence-electron chi connectivity index (χ3n) is 2.69. The van der Waals surface area contributed by atoms with E-state index in [9.17, 15) is 0 Å². The SMILES string of the molecule is CC1(c2cccc(C#N)c2)CC1. The van der Waals surface area contributed by atoms with Gasteiger partial charge < -0.3 is 0 Å². The molecule has 0 heterocycles. The molecule has 0 aliphatic heterocycles. The van der Waals surface area contributed by atoms with Crippen LogP contribution in [0, 0.1) is 11.3 Å². The number of hydrogen-bond donors (Lipinski definition) is 0. The normalized spacial score (nSPS) is 18.3. The molecule has 1 aromatic rings. The van der Waals surface area contributed by atoms with Crippen molar-refractivity contribution < 1.29 is 0 Å². The summed E-state index contributed by atoms with van der Waals surface area (Å²) in [6.07, 6.45) is 2.53. The number of nitriles is 1. The minimum Gasteiger partial charge on any atom is -0.192 e. The molecule has 1 heteroatoms. The van der Waals surface area contributed by atoms with Gasteiger partial charge in [-0.3, -0.25) is 0 Å². The molecular formula is C11H11N. The van der Waals surface area contributed by atoms with Crippen LogP contribution in [-0.4, -0.2) is 0 Å². The van der Waals surface area contributed by atoms with Crippen LogP contribution < -0.4 is 0 Å². The second kappa shape index (κ2) is 2.35. The third kappa shape index (κ3) is 1.10. The van der Waals surface area contributed by atoms with E-state index in [1.54, 1.807) is 0 Å². The first-order valence-corrected chi connectivity index (χ1v) is 4.25. The molecule has 1 nitrogen and oxygen atoms in total. The van der Waals surface area contributed by atoms with Gasteiger partial charge in [-0.1, -0.05) is 19.1 Å². The number of nitrogens with zero attached hydrogens (tertiary/aromatic N) is 1. The molecule has 0 amide bonds. The fraction of sp³-hybridized carbons (Fsp3) is 0.364. The van der Waals surface area contributed by atoms with Crippen molar-refractivity contribution in [2.24, 2.45) is 0 Å². The molecule has 0 saturated heterocycles. The van der Waals surface area contributed by atoms with E-state index < -0.39 is 0 Å². The smallest absolute Gasteiger partial charge is 0.0991 e. The molecule has 1 aromatic carbocycles. The predicted molar refractivity (Wildman–Crippen MR) is 47.7 cm³/mol. The molecule has 0 atom stereocenters. The molecule has 1 aliphatic carbocycles. The zero-order valence-corrected chi connectivity index (χ0v) is 7.17. The zero-order valence-electron chi connectivity index (χ0n) is 7.17. The standard InChI is InChI=1S/C11H11N/c1-11(5-6-11)10-4-2-3-9(7-10)8-12/h2-4,7H,5-6H2,1H3. The second-order valence-electron chi connectivity index (χ2n) is 3.75. The van der Waals surface area contributed by atoms with Crippen molar-refractivity contribution in [2.75, 3.05) is 0 Å². The highest BCUT2D eigenvalue weighted by Crippen LogP contribution is 2.47. The maximum absolute atomic E-state index is 8.70. The van der Waals surface area contributed by atoms with Gasteiger partial charge in [-0.05, 0) is 36.0 Å². The molecule has 0 unspecified atom stereocenters. The van der Waals surface area contributed by atoms with E-state index in [-0.39, 0.29) is 0 Å². The van der Waals surface area contributed by atoms with E-state index in [1.165, 1.54) is 18.4 Å². The summed E-state index contributed by atoms with van der Waals surface area (Å²) in [5.74, 6) is 0. The Morgan fingerprint density at radius 2 is 2.17 bits per heavy atom. The van der Waals surface area contributed by atoms with Crippen molar-refractivity contribution >= 4 is 0 Å². The maximum Gasteiger partial charge on any atom is 0.0991 e. The molecule has 60 valence electrons. The molecule has 1 fully saturated rings. The van der Waals surface area contributed by atoms with Gasteiger partial charge in [0.2, 0.25) is 0 Å². The van der Waals surface area contributed by atoms with Crippen LogP contribution in [0.5, 0.6) is 0 Å². The number of rotatable bonds is 1. The quantitative estimate of drug-likeness (QED) is 0.614. The monoisotopic (exact) mass is 157 g/mol. The molecule has 2 rings (SSSR count). The van der Waals surface area contributed by atoms with Crippen LogP contribution in [-0.2, 0) is 5.41 Å². The van der Waals surface area contributed by atoms with E-state index in [0.29, 0.717) is 5.41 Å². The minimum atomic E-state index is 0.382. The van der Waals surface area contributed by atoms with Crippen molar-refractivity contribution in [1.29, 1.82) is 5.26 Å². The fourth-order valence-corrected chi connectivity index (χ4v) is 1.44. The van der Waals surface area contributed by atoms with Gasteiger partial charge >= 0.3 is 0 Å². The molecule has 1 aliphatic rings.